The first kappa shape index (κ1) is 14.0. The van der Waals surface area contributed by atoms with E-state index in [4.69, 9.17) is 10.6 Å². The maximum atomic E-state index is 6.03. The van der Waals surface area contributed by atoms with Crippen molar-refractivity contribution in [1.82, 2.24) is 10.3 Å². The molecule has 2 aliphatic rings. The standard InChI is InChI=1S/C13H20BrN3OS/c14-13-4-3-10(19-13)6-11(16-15)12-7-17-5-1-2-9(17)8-18-12/h3-4,9,11-12,16H,1-2,5-8,15H2. The van der Waals surface area contributed by atoms with Crippen molar-refractivity contribution in [2.75, 3.05) is 19.7 Å². The Morgan fingerprint density at radius 2 is 2.47 bits per heavy atom. The molecule has 3 N–H and O–H groups in total. The molecule has 0 bridgehead atoms. The van der Waals surface area contributed by atoms with Crippen LogP contribution in [0.1, 0.15) is 17.7 Å². The highest BCUT2D eigenvalue weighted by Gasteiger charge is 2.35. The largest absolute Gasteiger partial charge is 0.374 e. The van der Waals surface area contributed by atoms with Gasteiger partial charge in [-0.2, -0.15) is 0 Å². The predicted molar refractivity (Wildman–Crippen MR) is 81.2 cm³/mol. The molecule has 3 unspecified atom stereocenters. The molecule has 0 spiro atoms. The minimum absolute atomic E-state index is 0.187. The second-order valence-corrected chi connectivity index (χ2v) is 7.89. The summed E-state index contributed by atoms with van der Waals surface area (Å²) in [5.74, 6) is 5.74. The number of ether oxygens (including phenoxy) is 1. The summed E-state index contributed by atoms with van der Waals surface area (Å²) in [5.41, 5.74) is 2.95. The summed E-state index contributed by atoms with van der Waals surface area (Å²) < 4.78 is 7.20. The van der Waals surface area contributed by atoms with Gasteiger partial charge in [-0.15, -0.1) is 11.3 Å². The third-order valence-electron chi connectivity index (χ3n) is 4.13. The molecule has 106 valence electrons. The van der Waals surface area contributed by atoms with Crippen molar-refractivity contribution in [2.45, 2.75) is 37.5 Å². The van der Waals surface area contributed by atoms with Gasteiger partial charge in [0.05, 0.1) is 22.5 Å². The van der Waals surface area contributed by atoms with E-state index in [0.29, 0.717) is 6.04 Å². The lowest BCUT2D eigenvalue weighted by atomic mass is 10.0. The molecule has 0 amide bonds. The fourth-order valence-electron chi connectivity index (χ4n) is 3.06. The summed E-state index contributed by atoms with van der Waals surface area (Å²) >= 11 is 5.27. The minimum atomic E-state index is 0.187. The highest BCUT2D eigenvalue weighted by Crippen LogP contribution is 2.27. The molecular weight excluding hydrogens is 326 g/mol. The normalized spacial score (nSPS) is 29.4. The van der Waals surface area contributed by atoms with Crippen LogP contribution in [0.5, 0.6) is 0 Å². The maximum Gasteiger partial charge on any atom is 0.0872 e. The van der Waals surface area contributed by atoms with Crippen LogP contribution < -0.4 is 11.3 Å². The van der Waals surface area contributed by atoms with Crippen molar-refractivity contribution < 1.29 is 4.74 Å². The van der Waals surface area contributed by atoms with Crippen LogP contribution in [0.3, 0.4) is 0 Å². The molecule has 0 aromatic carbocycles. The van der Waals surface area contributed by atoms with Crippen LogP contribution in [0.4, 0.5) is 0 Å². The Kier molecular flexibility index (Phi) is 4.56. The molecule has 1 aromatic heterocycles. The number of hydrazine groups is 1. The van der Waals surface area contributed by atoms with E-state index in [1.54, 1.807) is 11.3 Å². The Bertz CT molecular complexity index is 428. The van der Waals surface area contributed by atoms with Crippen molar-refractivity contribution in [3.63, 3.8) is 0 Å². The van der Waals surface area contributed by atoms with Crippen LogP contribution in [0, 0.1) is 0 Å². The Balaban J connectivity index is 1.62. The SMILES string of the molecule is NNC(Cc1ccc(Br)s1)C1CN2CCCC2CO1. The molecular formula is C13H20BrN3OS. The highest BCUT2D eigenvalue weighted by molar-refractivity contribution is 9.11. The summed E-state index contributed by atoms with van der Waals surface area (Å²) in [7, 11) is 0. The van der Waals surface area contributed by atoms with Crippen molar-refractivity contribution in [2.24, 2.45) is 5.84 Å². The number of morpholine rings is 1. The second-order valence-electron chi connectivity index (χ2n) is 5.35. The zero-order chi connectivity index (χ0) is 13.2. The number of hydrogen-bond donors (Lipinski definition) is 2. The van der Waals surface area contributed by atoms with E-state index in [2.05, 4.69) is 38.4 Å². The molecule has 3 atom stereocenters. The van der Waals surface area contributed by atoms with Gasteiger partial charge in [0.1, 0.15) is 0 Å². The molecule has 1 aromatic rings. The average Bonchev–Trinajstić information content (AvgIpc) is 3.03. The van der Waals surface area contributed by atoms with Crippen LogP contribution in [0.15, 0.2) is 15.9 Å². The first-order valence-corrected chi connectivity index (χ1v) is 8.43. The minimum Gasteiger partial charge on any atom is -0.374 e. The van der Waals surface area contributed by atoms with Gasteiger partial charge in [-0.1, -0.05) is 0 Å². The summed E-state index contributed by atoms with van der Waals surface area (Å²) in [6, 6.07) is 5.07. The Morgan fingerprint density at radius 3 is 3.21 bits per heavy atom. The van der Waals surface area contributed by atoms with Gasteiger partial charge in [-0.3, -0.25) is 16.2 Å². The van der Waals surface area contributed by atoms with Crippen molar-refractivity contribution in [3.05, 3.63) is 20.8 Å². The summed E-state index contributed by atoms with van der Waals surface area (Å²) in [4.78, 5) is 3.89. The number of nitrogens with zero attached hydrogens (tertiary/aromatic N) is 1. The first-order valence-electron chi connectivity index (χ1n) is 6.82. The van der Waals surface area contributed by atoms with Crippen molar-refractivity contribution in [3.8, 4) is 0 Å². The van der Waals surface area contributed by atoms with Gasteiger partial charge in [0, 0.05) is 23.9 Å². The molecule has 2 saturated heterocycles. The quantitative estimate of drug-likeness (QED) is 0.644. The average molecular weight is 346 g/mol. The van der Waals surface area contributed by atoms with Gasteiger partial charge >= 0.3 is 0 Å². The predicted octanol–water partition coefficient (Wildman–Crippen LogP) is 1.75. The molecule has 0 saturated carbocycles. The summed E-state index contributed by atoms with van der Waals surface area (Å²) in [6.07, 6.45) is 3.71. The highest BCUT2D eigenvalue weighted by atomic mass is 79.9. The second kappa shape index (κ2) is 6.20. The fourth-order valence-corrected chi connectivity index (χ4v) is 4.60. The molecule has 0 radical (unpaired) electrons. The molecule has 19 heavy (non-hydrogen) atoms. The monoisotopic (exact) mass is 345 g/mol. The number of nitrogens with one attached hydrogen (secondary N) is 1. The smallest absolute Gasteiger partial charge is 0.0872 e. The van der Waals surface area contributed by atoms with Gasteiger partial charge < -0.3 is 4.74 Å². The third kappa shape index (κ3) is 3.20. The molecule has 2 fully saturated rings. The molecule has 4 nitrogen and oxygen atoms in total. The lowest BCUT2D eigenvalue weighted by Gasteiger charge is -2.38. The Morgan fingerprint density at radius 1 is 1.58 bits per heavy atom. The van der Waals surface area contributed by atoms with Gasteiger partial charge in [0.25, 0.3) is 0 Å². The van der Waals surface area contributed by atoms with Gasteiger partial charge in [0.15, 0.2) is 0 Å². The van der Waals surface area contributed by atoms with Crippen LogP contribution in [0.2, 0.25) is 0 Å². The fraction of sp³-hybridized carbons (Fsp3) is 0.692. The third-order valence-corrected chi connectivity index (χ3v) is 5.77. The zero-order valence-electron chi connectivity index (χ0n) is 10.8. The van der Waals surface area contributed by atoms with Gasteiger partial charge in [-0.25, -0.2) is 0 Å². The molecule has 6 heteroatoms. The number of nitrogens with two attached hydrogens (primary N) is 1. The van der Waals surface area contributed by atoms with E-state index in [-0.39, 0.29) is 12.1 Å². The molecule has 3 heterocycles. The number of halogens is 1. The van der Waals surface area contributed by atoms with E-state index in [9.17, 15) is 0 Å². The number of rotatable bonds is 4. The number of fused-ring (bicyclic) bond motifs is 1. The van der Waals surface area contributed by atoms with Gasteiger partial charge in [-0.05, 0) is 47.4 Å². The Hall–Kier alpha value is 0.0200. The molecule has 2 aliphatic heterocycles. The van der Waals surface area contributed by atoms with Crippen LogP contribution in [-0.4, -0.2) is 42.8 Å². The van der Waals surface area contributed by atoms with E-state index < -0.39 is 0 Å². The van der Waals surface area contributed by atoms with Crippen LogP contribution >= 0.6 is 27.3 Å². The molecule has 3 rings (SSSR count). The lowest BCUT2D eigenvalue weighted by Crippen LogP contribution is -2.56. The van der Waals surface area contributed by atoms with Crippen LogP contribution in [0.25, 0.3) is 0 Å². The first-order chi connectivity index (χ1) is 9.26. The van der Waals surface area contributed by atoms with Gasteiger partial charge in [0.2, 0.25) is 0 Å². The van der Waals surface area contributed by atoms with E-state index in [0.717, 1.165) is 19.6 Å². The Labute approximate surface area is 126 Å². The maximum absolute atomic E-state index is 6.03. The van der Waals surface area contributed by atoms with E-state index >= 15 is 0 Å². The number of thiophene rings is 1. The van der Waals surface area contributed by atoms with Crippen molar-refractivity contribution >= 4 is 27.3 Å². The topological polar surface area (TPSA) is 50.5 Å². The van der Waals surface area contributed by atoms with Crippen LogP contribution in [-0.2, 0) is 11.2 Å². The van der Waals surface area contributed by atoms with Crippen molar-refractivity contribution in [1.29, 1.82) is 0 Å². The molecule has 0 aliphatic carbocycles. The van der Waals surface area contributed by atoms with E-state index in [1.165, 1.54) is 28.0 Å². The summed E-state index contributed by atoms with van der Waals surface area (Å²) in [6.45, 7) is 3.08. The zero-order valence-corrected chi connectivity index (χ0v) is 13.3. The summed E-state index contributed by atoms with van der Waals surface area (Å²) in [5, 5.41) is 0. The van der Waals surface area contributed by atoms with E-state index in [1.807, 2.05) is 0 Å². The lowest BCUT2D eigenvalue weighted by molar-refractivity contribution is -0.0643. The number of hydrogen-bond acceptors (Lipinski definition) is 5.